The summed E-state index contributed by atoms with van der Waals surface area (Å²) in [5.74, 6) is 1.98. The fraction of sp³-hybridized carbons (Fsp3) is 0.600. The summed E-state index contributed by atoms with van der Waals surface area (Å²) < 4.78 is 0. The second kappa shape index (κ2) is 8.60. The van der Waals surface area contributed by atoms with E-state index in [-0.39, 0.29) is 0 Å². The first-order valence-electron chi connectivity index (χ1n) is 6.51. The molecule has 0 spiro atoms. The van der Waals surface area contributed by atoms with Crippen molar-refractivity contribution in [3.63, 3.8) is 0 Å². The van der Waals surface area contributed by atoms with Gasteiger partial charge in [-0.3, -0.25) is 0 Å². The first kappa shape index (κ1) is 14.6. The van der Waals surface area contributed by atoms with E-state index in [2.05, 4.69) is 55.8 Å². The summed E-state index contributed by atoms with van der Waals surface area (Å²) in [6, 6.07) is 11.3. The number of nitrogens with one attached hydrogen (secondary N) is 1. The highest BCUT2D eigenvalue weighted by atomic mass is 32.2. The highest BCUT2D eigenvalue weighted by molar-refractivity contribution is 7.98. The maximum atomic E-state index is 3.69. The van der Waals surface area contributed by atoms with Gasteiger partial charge in [0.15, 0.2) is 0 Å². The molecule has 0 aliphatic carbocycles. The van der Waals surface area contributed by atoms with Crippen LogP contribution >= 0.6 is 11.8 Å². The maximum absolute atomic E-state index is 3.69. The molecule has 0 radical (unpaired) electrons. The van der Waals surface area contributed by atoms with E-state index in [0.29, 0.717) is 6.04 Å². The number of hydrogen-bond donors (Lipinski definition) is 1. The number of benzene rings is 1. The fourth-order valence-electron chi connectivity index (χ4n) is 1.99. The summed E-state index contributed by atoms with van der Waals surface area (Å²) in [4.78, 5) is 0. The van der Waals surface area contributed by atoms with Gasteiger partial charge in [-0.25, -0.2) is 0 Å². The van der Waals surface area contributed by atoms with Gasteiger partial charge in [0.05, 0.1) is 0 Å². The third-order valence-corrected chi connectivity index (χ3v) is 3.52. The maximum Gasteiger partial charge on any atom is 0.0322 e. The van der Waals surface area contributed by atoms with Crippen LogP contribution < -0.4 is 5.32 Å². The average molecular weight is 251 g/mol. The second-order valence-electron chi connectivity index (χ2n) is 4.89. The smallest absolute Gasteiger partial charge is 0.0322 e. The van der Waals surface area contributed by atoms with E-state index < -0.39 is 0 Å². The van der Waals surface area contributed by atoms with Gasteiger partial charge in [-0.2, -0.15) is 11.8 Å². The lowest BCUT2D eigenvalue weighted by Crippen LogP contribution is -2.24. The molecule has 2 heteroatoms. The Morgan fingerprint density at radius 3 is 2.47 bits per heavy atom. The lowest BCUT2D eigenvalue weighted by molar-refractivity contribution is 0.431. The largest absolute Gasteiger partial charge is 0.310 e. The summed E-state index contributed by atoms with van der Waals surface area (Å²) in [5, 5.41) is 3.69. The van der Waals surface area contributed by atoms with E-state index in [1.807, 2.05) is 11.8 Å². The third-order valence-electron chi connectivity index (χ3n) is 2.83. The van der Waals surface area contributed by atoms with Crippen molar-refractivity contribution >= 4 is 11.8 Å². The SMILES string of the molecule is CSCCCNC(CC(C)C)c1ccccc1. The first-order chi connectivity index (χ1) is 8.24. The van der Waals surface area contributed by atoms with Gasteiger partial charge in [0.25, 0.3) is 0 Å². The molecule has 96 valence electrons. The molecule has 0 fully saturated rings. The minimum atomic E-state index is 0.512. The van der Waals surface area contributed by atoms with Gasteiger partial charge in [-0.1, -0.05) is 44.2 Å². The number of hydrogen-bond acceptors (Lipinski definition) is 2. The molecule has 0 aliphatic heterocycles. The standard InChI is InChI=1S/C15H25NS/c1-13(2)12-15(16-10-7-11-17-3)14-8-5-4-6-9-14/h4-6,8-9,13,15-16H,7,10-12H2,1-3H3. The molecule has 0 bridgehead atoms. The van der Waals surface area contributed by atoms with E-state index in [9.17, 15) is 0 Å². The van der Waals surface area contributed by atoms with E-state index in [0.717, 1.165) is 12.5 Å². The molecular weight excluding hydrogens is 226 g/mol. The molecule has 0 heterocycles. The highest BCUT2D eigenvalue weighted by Gasteiger charge is 2.11. The molecule has 1 unspecified atom stereocenters. The van der Waals surface area contributed by atoms with Crippen molar-refractivity contribution in [3.05, 3.63) is 35.9 Å². The van der Waals surface area contributed by atoms with Crippen LogP contribution in [0.1, 0.15) is 38.3 Å². The molecule has 0 saturated carbocycles. The Morgan fingerprint density at radius 1 is 1.18 bits per heavy atom. The Balaban J connectivity index is 2.49. The molecule has 1 aromatic carbocycles. The van der Waals surface area contributed by atoms with Crippen molar-refractivity contribution in [2.75, 3.05) is 18.6 Å². The van der Waals surface area contributed by atoms with Gasteiger partial charge in [0.2, 0.25) is 0 Å². The first-order valence-corrected chi connectivity index (χ1v) is 7.90. The quantitative estimate of drug-likeness (QED) is 0.698. The summed E-state index contributed by atoms with van der Waals surface area (Å²) in [6.07, 6.45) is 4.63. The third kappa shape index (κ3) is 6.13. The van der Waals surface area contributed by atoms with Crippen LogP contribution in [-0.2, 0) is 0 Å². The minimum absolute atomic E-state index is 0.512. The van der Waals surface area contributed by atoms with Crippen LogP contribution in [-0.4, -0.2) is 18.6 Å². The topological polar surface area (TPSA) is 12.0 Å². The molecule has 0 saturated heterocycles. The summed E-state index contributed by atoms with van der Waals surface area (Å²) in [7, 11) is 0. The van der Waals surface area contributed by atoms with Crippen molar-refractivity contribution in [1.29, 1.82) is 0 Å². The van der Waals surface area contributed by atoms with Gasteiger partial charge in [0, 0.05) is 6.04 Å². The molecule has 0 aliphatic rings. The Bertz CT molecular complexity index is 284. The molecule has 0 aromatic heterocycles. The molecule has 1 nitrogen and oxygen atoms in total. The molecule has 17 heavy (non-hydrogen) atoms. The Morgan fingerprint density at radius 2 is 1.88 bits per heavy atom. The molecule has 1 rings (SSSR count). The zero-order chi connectivity index (χ0) is 12.5. The molecule has 0 amide bonds. The lowest BCUT2D eigenvalue weighted by Gasteiger charge is -2.21. The molecular formula is C15H25NS. The van der Waals surface area contributed by atoms with Gasteiger partial charge in [-0.05, 0) is 42.9 Å². The van der Waals surface area contributed by atoms with Crippen molar-refractivity contribution in [2.24, 2.45) is 5.92 Å². The zero-order valence-electron chi connectivity index (χ0n) is 11.3. The van der Waals surface area contributed by atoms with Crippen LogP contribution in [0.2, 0.25) is 0 Å². The van der Waals surface area contributed by atoms with Gasteiger partial charge in [-0.15, -0.1) is 0 Å². The van der Waals surface area contributed by atoms with Crippen molar-refractivity contribution in [1.82, 2.24) is 5.32 Å². The van der Waals surface area contributed by atoms with Crippen LogP contribution in [0.15, 0.2) is 30.3 Å². The van der Waals surface area contributed by atoms with Gasteiger partial charge >= 0.3 is 0 Å². The van der Waals surface area contributed by atoms with Crippen molar-refractivity contribution in [3.8, 4) is 0 Å². The lowest BCUT2D eigenvalue weighted by atomic mass is 9.97. The van der Waals surface area contributed by atoms with Crippen LogP contribution in [0.3, 0.4) is 0 Å². The van der Waals surface area contributed by atoms with E-state index >= 15 is 0 Å². The molecule has 1 atom stereocenters. The molecule has 1 N–H and O–H groups in total. The van der Waals surface area contributed by atoms with Crippen LogP contribution in [0.25, 0.3) is 0 Å². The fourth-order valence-corrected chi connectivity index (χ4v) is 2.42. The average Bonchev–Trinajstić information content (AvgIpc) is 2.34. The minimum Gasteiger partial charge on any atom is -0.310 e. The van der Waals surface area contributed by atoms with E-state index in [1.165, 1.54) is 24.2 Å². The normalized spacial score (nSPS) is 12.9. The van der Waals surface area contributed by atoms with Crippen molar-refractivity contribution < 1.29 is 0 Å². The van der Waals surface area contributed by atoms with Crippen LogP contribution in [0.5, 0.6) is 0 Å². The Hall–Kier alpha value is -0.470. The number of rotatable bonds is 8. The monoisotopic (exact) mass is 251 g/mol. The van der Waals surface area contributed by atoms with E-state index in [4.69, 9.17) is 0 Å². The van der Waals surface area contributed by atoms with Crippen LogP contribution in [0.4, 0.5) is 0 Å². The zero-order valence-corrected chi connectivity index (χ0v) is 12.1. The van der Waals surface area contributed by atoms with Crippen molar-refractivity contribution in [2.45, 2.75) is 32.7 Å². The summed E-state index contributed by atoms with van der Waals surface area (Å²) in [5.41, 5.74) is 1.42. The Kier molecular flexibility index (Phi) is 7.38. The summed E-state index contributed by atoms with van der Waals surface area (Å²) >= 11 is 1.92. The predicted octanol–water partition coefficient (Wildman–Crippen LogP) is 4.12. The Labute approximate surface area is 110 Å². The van der Waals surface area contributed by atoms with E-state index in [1.54, 1.807) is 0 Å². The summed E-state index contributed by atoms with van der Waals surface area (Å²) in [6.45, 7) is 5.70. The van der Waals surface area contributed by atoms with Gasteiger partial charge < -0.3 is 5.32 Å². The second-order valence-corrected chi connectivity index (χ2v) is 5.88. The van der Waals surface area contributed by atoms with Gasteiger partial charge in [0.1, 0.15) is 0 Å². The predicted molar refractivity (Wildman–Crippen MR) is 79.6 cm³/mol. The number of thioether (sulfide) groups is 1. The molecule has 1 aromatic rings. The van der Waals surface area contributed by atoms with Crippen LogP contribution in [0, 0.1) is 5.92 Å². The highest BCUT2D eigenvalue weighted by Crippen LogP contribution is 2.20.